The van der Waals surface area contributed by atoms with Crippen molar-refractivity contribution in [3.05, 3.63) is 57.6 Å². The van der Waals surface area contributed by atoms with Gasteiger partial charge in [-0.25, -0.2) is 0 Å². The minimum absolute atomic E-state index is 0.0203. The van der Waals surface area contributed by atoms with Crippen molar-refractivity contribution in [2.45, 2.75) is 189 Å². The fourth-order valence-electron chi connectivity index (χ4n) is 6.16. The number of benzene rings is 2. The molecule has 0 unspecified atom stereocenters. The zero-order valence-corrected chi connectivity index (χ0v) is 37.4. The summed E-state index contributed by atoms with van der Waals surface area (Å²) in [5.41, 5.74) is 7.95. The molecule has 0 aliphatic rings. The minimum atomic E-state index is -2.57. The molecule has 0 bridgehead atoms. The predicted octanol–water partition coefficient (Wildman–Crippen LogP) is 11.3. The van der Waals surface area contributed by atoms with Crippen molar-refractivity contribution < 1.29 is 4.79 Å². The zero-order chi connectivity index (χ0) is 36.8. The predicted molar refractivity (Wildman–Crippen MR) is 216 cm³/mol. The van der Waals surface area contributed by atoms with Crippen LogP contribution in [-0.4, -0.2) is 29.9 Å². The molecule has 0 heterocycles. The molecular formula is C43H71GeNOP. The van der Waals surface area contributed by atoms with E-state index in [-0.39, 0.29) is 31.9 Å². The van der Waals surface area contributed by atoms with Gasteiger partial charge in [-0.05, 0) is 0 Å². The van der Waals surface area contributed by atoms with Gasteiger partial charge in [-0.3, -0.25) is 0 Å². The molecule has 2 aromatic carbocycles. The molecule has 2 nitrogen and oxygen atoms in total. The molecule has 1 amide bonds. The van der Waals surface area contributed by atoms with Crippen molar-refractivity contribution >= 4 is 42.3 Å². The molecular weight excluding hydrogens is 650 g/mol. The van der Waals surface area contributed by atoms with E-state index in [1.54, 1.807) is 0 Å². The van der Waals surface area contributed by atoms with E-state index >= 15 is 0 Å². The molecule has 2 aromatic rings. The van der Waals surface area contributed by atoms with Crippen LogP contribution in [0.15, 0.2) is 24.3 Å². The molecule has 263 valence electrons. The van der Waals surface area contributed by atoms with Gasteiger partial charge in [0, 0.05) is 0 Å². The van der Waals surface area contributed by atoms with Gasteiger partial charge in [0.25, 0.3) is 0 Å². The monoisotopic (exact) mass is 722 g/mol. The first-order valence-electron chi connectivity index (χ1n) is 18.0. The Labute approximate surface area is 298 Å². The van der Waals surface area contributed by atoms with E-state index in [9.17, 15) is 4.79 Å². The van der Waals surface area contributed by atoms with Crippen LogP contribution in [0.4, 0.5) is 0 Å². The average molecular weight is 722 g/mol. The van der Waals surface area contributed by atoms with E-state index in [1.165, 1.54) is 43.1 Å². The van der Waals surface area contributed by atoms with Gasteiger partial charge < -0.3 is 0 Å². The van der Waals surface area contributed by atoms with E-state index in [0.717, 1.165) is 12.3 Å². The summed E-state index contributed by atoms with van der Waals surface area (Å²) in [7, 11) is 1.07. The molecule has 0 atom stereocenters. The zero-order valence-electron chi connectivity index (χ0n) is 34.4. The van der Waals surface area contributed by atoms with Gasteiger partial charge in [0.05, 0.1) is 0 Å². The summed E-state index contributed by atoms with van der Waals surface area (Å²) in [6, 6.07) is 9.91. The molecule has 1 radical (unpaired) electrons. The van der Waals surface area contributed by atoms with E-state index in [2.05, 4.69) is 175 Å². The van der Waals surface area contributed by atoms with Crippen LogP contribution < -0.4 is 15.0 Å². The van der Waals surface area contributed by atoms with Crippen LogP contribution in [0.1, 0.15) is 197 Å². The van der Waals surface area contributed by atoms with Crippen LogP contribution in [0, 0.1) is 0 Å². The maximum absolute atomic E-state index is 15.0. The van der Waals surface area contributed by atoms with Crippen LogP contribution in [-0.2, 0) is 21.0 Å². The Balaban J connectivity index is 3.38. The molecule has 2 rings (SSSR count). The van der Waals surface area contributed by atoms with Crippen LogP contribution in [0.5, 0.6) is 0 Å². The second-order valence-corrected chi connectivity index (χ2v) is 28.8. The van der Waals surface area contributed by atoms with Gasteiger partial charge in [-0.1, -0.05) is 0 Å². The molecule has 1 N–H and O–H groups in total. The SMILES string of the molecule is CC(C)c1cc(C(C)C)[c]([Ge]([C](=Pc2c(C(C)(C)C)cc(C(C)(C)C)cc2C(C)(C)C)C(=O)NC(C)(C)C)[C](C)(C)C)c(C(C)C)c1. The Morgan fingerprint density at radius 3 is 1.30 bits per heavy atom. The second kappa shape index (κ2) is 14.5. The van der Waals surface area contributed by atoms with Crippen molar-refractivity contribution in [2.75, 3.05) is 0 Å². The Morgan fingerprint density at radius 1 is 0.617 bits per heavy atom. The summed E-state index contributed by atoms with van der Waals surface area (Å²) in [5.74, 6) is 1.33. The Hall–Kier alpha value is -1.38. The number of amides is 1. The molecule has 0 fully saturated rings. The number of nitrogens with one attached hydrogen (secondary N) is 1. The van der Waals surface area contributed by atoms with Gasteiger partial charge in [0.2, 0.25) is 0 Å². The summed E-state index contributed by atoms with van der Waals surface area (Å²) in [4.78, 5) is 15.0. The molecule has 47 heavy (non-hydrogen) atoms. The van der Waals surface area contributed by atoms with Crippen molar-refractivity contribution in [1.82, 2.24) is 5.32 Å². The number of carbonyl (C=O) groups excluding carboxylic acids is 1. The number of hydrogen-bond acceptors (Lipinski definition) is 1. The standard InChI is InChI=1S/C43H71GeNOP/c1-26(2)29-22-31(27(3)4)35(32(23-29)28(5)6)44(42(16,17)18)37(38(46)45-43(19,20)21)47-36-33(40(10,11)12)24-30(39(7,8)9)25-34(36)41(13,14)15/h22-28H,1-21H3,(H,45,46). The van der Waals surface area contributed by atoms with Gasteiger partial charge in [-0.2, -0.15) is 0 Å². The third-order valence-corrected chi connectivity index (χ3v) is 18.8. The van der Waals surface area contributed by atoms with E-state index < -0.39 is 14.3 Å². The Bertz CT molecular complexity index is 1390. The Morgan fingerprint density at radius 2 is 1.02 bits per heavy atom. The van der Waals surface area contributed by atoms with Gasteiger partial charge in [0.1, 0.15) is 0 Å². The molecule has 0 aliphatic heterocycles. The first-order valence-corrected chi connectivity index (χ1v) is 22.1. The summed E-state index contributed by atoms with van der Waals surface area (Å²) in [5, 5.41) is 4.84. The van der Waals surface area contributed by atoms with Crippen molar-refractivity contribution in [3.63, 3.8) is 0 Å². The van der Waals surface area contributed by atoms with Gasteiger partial charge >= 0.3 is 299 Å². The molecule has 0 saturated carbocycles. The first-order chi connectivity index (χ1) is 20.9. The number of hydrogen-bond donors (Lipinski definition) is 1. The molecule has 0 aromatic heterocycles. The normalized spacial score (nSPS) is 14.2. The third-order valence-electron chi connectivity index (χ3n) is 8.89. The summed E-state index contributed by atoms with van der Waals surface area (Å²) < 4.78 is 2.60. The Kier molecular flexibility index (Phi) is 12.9. The topological polar surface area (TPSA) is 29.1 Å². The summed E-state index contributed by atoms with van der Waals surface area (Å²) >= 11 is -2.57. The van der Waals surface area contributed by atoms with E-state index in [0.29, 0.717) is 17.8 Å². The van der Waals surface area contributed by atoms with Crippen molar-refractivity contribution in [1.29, 1.82) is 0 Å². The quantitative estimate of drug-likeness (QED) is 0.224. The van der Waals surface area contributed by atoms with Crippen molar-refractivity contribution in [3.8, 4) is 0 Å². The van der Waals surface area contributed by atoms with Crippen LogP contribution in [0.2, 0.25) is 4.25 Å². The molecule has 0 saturated heterocycles. The van der Waals surface area contributed by atoms with Gasteiger partial charge in [-0.15, -0.1) is 0 Å². The van der Waals surface area contributed by atoms with Crippen molar-refractivity contribution in [2.24, 2.45) is 0 Å². The summed E-state index contributed by atoms with van der Waals surface area (Å²) in [6.45, 7) is 48.6. The van der Waals surface area contributed by atoms with Crippen LogP contribution in [0.3, 0.4) is 0 Å². The maximum atomic E-state index is 15.0. The van der Waals surface area contributed by atoms with Gasteiger partial charge in [0.15, 0.2) is 0 Å². The van der Waals surface area contributed by atoms with E-state index in [4.69, 9.17) is 0 Å². The first kappa shape index (κ1) is 41.8. The number of rotatable bonds is 7. The van der Waals surface area contributed by atoms with Crippen LogP contribution in [0.25, 0.3) is 0 Å². The fourth-order valence-corrected chi connectivity index (χ4v) is 18.3. The van der Waals surface area contributed by atoms with E-state index in [1.807, 2.05) is 0 Å². The fraction of sp³-hybridized carbons (Fsp3) is 0.674. The molecule has 0 aliphatic carbocycles. The summed E-state index contributed by atoms with van der Waals surface area (Å²) in [6.07, 6.45) is 0. The van der Waals surface area contributed by atoms with Crippen LogP contribution >= 0.6 is 8.20 Å². The molecule has 0 spiro atoms. The average Bonchev–Trinajstić information content (AvgIpc) is 2.83. The second-order valence-electron chi connectivity index (χ2n) is 20.0. The number of carbonyl (C=O) groups is 1. The third kappa shape index (κ3) is 10.6. The molecule has 4 heteroatoms.